The lowest BCUT2D eigenvalue weighted by molar-refractivity contribution is -0.118. The van der Waals surface area contributed by atoms with E-state index in [-0.39, 0.29) is 12.5 Å². The third kappa shape index (κ3) is 4.43. The highest BCUT2D eigenvalue weighted by atomic mass is 16.5. The minimum atomic E-state index is -0.270. The summed E-state index contributed by atoms with van der Waals surface area (Å²) in [5.41, 5.74) is 3.68. The van der Waals surface area contributed by atoms with E-state index in [1.165, 1.54) is 0 Å². The summed E-state index contributed by atoms with van der Waals surface area (Å²) in [5.74, 6) is 1.18. The van der Waals surface area contributed by atoms with Crippen molar-refractivity contribution in [2.45, 2.75) is 6.92 Å². The number of hydrogen-bond donors (Lipinski definition) is 1. The second kappa shape index (κ2) is 8.95. The van der Waals surface area contributed by atoms with Crippen molar-refractivity contribution in [2.75, 3.05) is 26.1 Å². The largest absolute Gasteiger partial charge is 0.493 e. The number of carbonyl (C=O) groups is 1. The van der Waals surface area contributed by atoms with E-state index >= 15 is 0 Å². The lowest BCUT2D eigenvalue weighted by Crippen LogP contribution is -2.21. The summed E-state index contributed by atoms with van der Waals surface area (Å²) < 4.78 is 16.4. The molecule has 0 aliphatic rings. The van der Waals surface area contributed by atoms with E-state index in [0.717, 1.165) is 22.4 Å². The Hall–Kier alpha value is -3.47. The summed E-state index contributed by atoms with van der Waals surface area (Å²) in [6, 6.07) is 21.2. The van der Waals surface area contributed by atoms with Gasteiger partial charge in [-0.25, -0.2) is 0 Å². The van der Waals surface area contributed by atoms with E-state index in [2.05, 4.69) is 5.32 Å². The average molecular weight is 377 g/mol. The van der Waals surface area contributed by atoms with E-state index in [9.17, 15) is 4.79 Å². The van der Waals surface area contributed by atoms with Gasteiger partial charge in [-0.1, -0.05) is 48.5 Å². The van der Waals surface area contributed by atoms with Gasteiger partial charge in [0, 0.05) is 11.3 Å². The molecule has 1 N–H and O–H groups in total. The van der Waals surface area contributed by atoms with Crippen molar-refractivity contribution in [2.24, 2.45) is 0 Å². The van der Waals surface area contributed by atoms with Crippen LogP contribution in [-0.2, 0) is 4.79 Å². The first-order valence-electron chi connectivity index (χ1n) is 8.92. The molecule has 0 bridgehead atoms. The maximum Gasteiger partial charge on any atom is 0.262 e. The normalized spacial score (nSPS) is 10.2. The van der Waals surface area contributed by atoms with Gasteiger partial charge in [0.1, 0.15) is 0 Å². The van der Waals surface area contributed by atoms with Gasteiger partial charge in [-0.3, -0.25) is 4.79 Å². The van der Waals surface area contributed by atoms with Crippen LogP contribution in [-0.4, -0.2) is 26.7 Å². The highest BCUT2D eigenvalue weighted by Gasteiger charge is 2.15. The Morgan fingerprint density at radius 1 is 0.893 bits per heavy atom. The van der Waals surface area contributed by atoms with Gasteiger partial charge < -0.3 is 19.5 Å². The van der Waals surface area contributed by atoms with Crippen molar-refractivity contribution >= 4 is 11.6 Å². The zero-order valence-electron chi connectivity index (χ0n) is 16.2. The monoisotopic (exact) mass is 377 g/mol. The molecule has 5 heteroatoms. The molecule has 0 aromatic heterocycles. The third-order valence-electron chi connectivity index (χ3n) is 4.24. The lowest BCUT2D eigenvalue weighted by Gasteiger charge is -2.16. The van der Waals surface area contributed by atoms with Crippen LogP contribution in [0, 0.1) is 6.92 Å². The number of carbonyl (C=O) groups excluding carboxylic acids is 1. The van der Waals surface area contributed by atoms with Gasteiger partial charge in [-0.2, -0.15) is 0 Å². The van der Waals surface area contributed by atoms with Crippen LogP contribution in [0.3, 0.4) is 0 Å². The molecule has 3 aromatic rings. The first-order valence-corrected chi connectivity index (χ1v) is 8.92. The van der Waals surface area contributed by atoms with Gasteiger partial charge in [0.05, 0.1) is 14.2 Å². The quantitative estimate of drug-likeness (QED) is 0.649. The molecular weight excluding hydrogens is 354 g/mol. The van der Waals surface area contributed by atoms with Gasteiger partial charge in [0.2, 0.25) is 5.75 Å². The minimum Gasteiger partial charge on any atom is -0.493 e. The van der Waals surface area contributed by atoms with Gasteiger partial charge >= 0.3 is 0 Å². The summed E-state index contributed by atoms with van der Waals surface area (Å²) in [6.07, 6.45) is 0. The molecule has 0 heterocycles. The smallest absolute Gasteiger partial charge is 0.262 e. The van der Waals surface area contributed by atoms with Crippen LogP contribution >= 0.6 is 0 Å². The zero-order valence-corrected chi connectivity index (χ0v) is 16.2. The Balaban J connectivity index is 1.75. The summed E-state index contributed by atoms with van der Waals surface area (Å²) in [7, 11) is 3.11. The molecular formula is C23H23NO4. The Morgan fingerprint density at radius 2 is 1.50 bits per heavy atom. The standard InChI is InChI=1S/C23H23NO4/c1-16-13-20(26-2)23(21(14-16)27-3)28-15-22(25)24-19-12-8-7-11-18(19)17-9-5-4-6-10-17/h4-14H,15H2,1-3H3,(H,24,25). The highest BCUT2D eigenvalue weighted by Crippen LogP contribution is 2.38. The first kappa shape index (κ1) is 19.3. The Bertz CT molecular complexity index is 929. The number of anilines is 1. The second-order valence-electron chi connectivity index (χ2n) is 6.25. The predicted octanol–water partition coefficient (Wildman–Crippen LogP) is 4.70. The molecule has 0 aliphatic heterocycles. The molecule has 3 aromatic carbocycles. The minimum absolute atomic E-state index is 0.168. The molecule has 28 heavy (non-hydrogen) atoms. The van der Waals surface area contributed by atoms with E-state index in [1.54, 1.807) is 14.2 Å². The third-order valence-corrected chi connectivity index (χ3v) is 4.24. The fourth-order valence-electron chi connectivity index (χ4n) is 2.94. The van der Waals surface area contributed by atoms with Crippen molar-refractivity contribution in [3.8, 4) is 28.4 Å². The van der Waals surface area contributed by atoms with E-state index in [0.29, 0.717) is 17.2 Å². The van der Waals surface area contributed by atoms with Crippen molar-refractivity contribution in [3.63, 3.8) is 0 Å². The summed E-state index contributed by atoms with van der Waals surface area (Å²) in [4.78, 5) is 12.5. The molecule has 0 saturated carbocycles. The molecule has 3 rings (SSSR count). The van der Waals surface area contributed by atoms with Crippen LogP contribution in [0.1, 0.15) is 5.56 Å². The Kier molecular flexibility index (Phi) is 6.17. The molecule has 1 amide bonds. The molecule has 0 unspecified atom stereocenters. The highest BCUT2D eigenvalue weighted by molar-refractivity contribution is 5.96. The maximum atomic E-state index is 12.5. The van der Waals surface area contributed by atoms with Gasteiger partial charge in [0.25, 0.3) is 5.91 Å². The van der Waals surface area contributed by atoms with E-state index in [4.69, 9.17) is 14.2 Å². The number of aryl methyl sites for hydroxylation is 1. The number of benzene rings is 3. The van der Waals surface area contributed by atoms with Crippen molar-refractivity contribution in [1.29, 1.82) is 0 Å². The fraction of sp³-hybridized carbons (Fsp3) is 0.174. The van der Waals surface area contributed by atoms with Crippen molar-refractivity contribution in [3.05, 3.63) is 72.3 Å². The maximum absolute atomic E-state index is 12.5. The van der Waals surface area contributed by atoms with Crippen molar-refractivity contribution < 1.29 is 19.0 Å². The average Bonchev–Trinajstić information content (AvgIpc) is 2.73. The molecule has 0 spiro atoms. The van der Waals surface area contributed by atoms with E-state index in [1.807, 2.05) is 73.7 Å². The molecule has 5 nitrogen and oxygen atoms in total. The van der Waals surface area contributed by atoms with Crippen LogP contribution in [0.15, 0.2) is 66.7 Å². The van der Waals surface area contributed by atoms with Gasteiger partial charge in [-0.05, 0) is 36.2 Å². The van der Waals surface area contributed by atoms with Crippen LogP contribution in [0.2, 0.25) is 0 Å². The SMILES string of the molecule is COc1cc(C)cc(OC)c1OCC(=O)Nc1ccccc1-c1ccccc1. The topological polar surface area (TPSA) is 56.8 Å². The van der Waals surface area contributed by atoms with Gasteiger partial charge in [-0.15, -0.1) is 0 Å². The van der Waals surface area contributed by atoms with Crippen LogP contribution in [0.5, 0.6) is 17.2 Å². The molecule has 0 fully saturated rings. The van der Waals surface area contributed by atoms with Crippen molar-refractivity contribution in [1.82, 2.24) is 0 Å². The molecule has 0 radical (unpaired) electrons. The second-order valence-corrected chi connectivity index (χ2v) is 6.25. The first-order chi connectivity index (χ1) is 13.6. The number of ether oxygens (including phenoxy) is 3. The summed E-state index contributed by atoms with van der Waals surface area (Å²) in [6.45, 7) is 1.76. The van der Waals surface area contributed by atoms with Gasteiger partial charge in [0.15, 0.2) is 18.1 Å². The van der Waals surface area contributed by atoms with Crippen LogP contribution in [0.4, 0.5) is 5.69 Å². The number of para-hydroxylation sites is 1. The fourth-order valence-corrected chi connectivity index (χ4v) is 2.94. The lowest BCUT2D eigenvalue weighted by atomic mass is 10.0. The Labute approximate surface area is 164 Å². The Morgan fingerprint density at radius 3 is 2.14 bits per heavy atom. The molecule has 144 valence electrons. The van der Waals surface area contributed by atoms with E-state index < -0.39 is 0 Å². The number of hydrogen-bond acceptors (Lipinski definition) is 4. The predicted molar refractivity (Wildman–Crippen MR) is 110 cm³/mol. The number of rotatable bonds is 7. The number of nitrogens with one attached hydrogen (secondary N) is 1. The molecule has 0 atom stereocenters. The molecule has 0 aliphatic carbocycles. The summed E-state index contributed by atoms with van der Waals surface area (Å²) in [5, 5.41) is 2.92. The number of amides is 1. The zero-order chi connectivity index (χ0) is 19.9. The molecule has 0 saturated heterocycles. The van der Waals surface area contributed by atoms with Crippen LogP contribution < -0.4 is 19.5 Å². The van der Waals surface area contributed by atoms with Crippen LogP contribution in [0.25, 0.3) is 11.1 Å². The number of methoxy groups -OCH3 is 2. The summed E-state index contributed by atoms with van der Waals surface area (Å²) >= 11 is 0.